The summed E-state index contributed by atoms with van der Waals surface area (Å²) in [6.07, 6.45) is 0.255. The first kappa shape index (κ1) is 25.5. The van der Waals surface area contributed by atoms with E-state index >= 15 is 0 Å². The fourth-order valence-corrected chi connectivity index (χ4v) is 5.30. The monoisotopic (exact) mass is 494 g/mol. The number of benzene rings is 1. The zero-order valence-corrected chi connectivity index (χ0v) is 19.9. The molecule has 34 heavy (non-hydrogen) atoms. The van der Waals surface area contributed by atoms with E-state index in [0.29, 0.717) is 5.56 Å². The van der Waals surface area contributed by atoms with Crippen LogP contribution in [0.15, 0.2) is 29.1 Å². The zero-order valence-electron chi connectivity index (χ0n) is 19.1. The number of rotatable bonds is 4. The third-order valence-electron chi connectivity index (χ3n) is 7.83. The minimum absolute atomic E-state index is 0. The maximum Gasteiger partial charge on any atom is 0.405 e. The van der Waals surface area contributed by atoms with Gasteiger partial charge < -0.3 is 20.8 Å². The van der Waals surface area contributed by atoms with E-state index in [-0.39, 0.29) is 42.7 Å². The molecule has 0 saturated heterocycles. The molecule has 0 unspecified atom stereocenters. The quantitative estimate of drug-likeness (QED) is 0.515. The van der Waals surface area contributed by atoms with Crippen molar-refractivity contribution in [2.75, 3.05) is 0 Å². The van der Waals surface area contributed by atoms with Crippen molar-refractivity contribution in [1.82, 2.24) is 20.2 Å². The number of nitrogens with zero attached hydrogens (tertiary/aromatic N) is 2. The van der Waals surface area contributed by atoms with Crippen LogP contribution < -0.4 is 16.2 Å². The standard InChI is InChI=1S/C23H27FN4O5.ClH/c1-22(2)13-8-9-23(22,3)17(27-21(32)33)18-26-15(16(29)20(31)28(18)11-13)19(30)25-10-12-4-6-14(24)7-5-12;/h4-7,13,17,27,29H,8-11H2,1-3H3,(H,25,30)(H,32,33);1H/t13-,17+,23+;/m1./s1. The SMILES string of the molecule is CC1(C)[C@@H]2CC[C@@]1(C)[C@@H](NC(=O)O)c1nc(C(=O)NCc3ccc(F)cc3)c(O)c(=O)n1C2.Cl. The van der Waals surface area contributed by atoms with Crippen LogP contribution in [0.25, 0.3) is 0 Å². The predicted octanol–water partition coefficient (Wildman–Crippen LogP) is 3.20. The number of carboxylic acid groups (broad SMARTS) is 1. The minimum atomic E-state index is -1.27. The third kappa shape index (κ3) is 4.00. The normalized spacial score (nSPS) is 24.4. The number of hydrogen-bond donors (Lipinski definition) is 4. The molecule has 1 fully saturated rings. The predicted molar refractivity (Wildman–Crippen MR) is 123 cm³/mol. The third-order valence-corrected chi connectivity index (χ3v) is 7.83. The molecule has 0 radical (unpaired) electrons. The number of nitrogens with one attached hydrogen (secondary N) is 2. The van der Waals surface area contributed by atoms with Crippen LogP contribution in [-0.2, 0) is 13.1 Å². The van der Waals surface area contributed by atoms with Gasteiger partial charge in [-0.3, -0.25) is 14.2 Å². The summed E-state index contributed by atoms with van der Waals surface area (Å²) in [5, 5.41) is 25.2. The van der Waals surface area contributed by atoms with Crippen LogP contribution in [0, 0.1) is 22.6 Å². The van der Waals surface area contributed by atoms with Crippen molar-refractivity contribution < 1.29 is 24.2 Å². The molecule has 1 aliphatic heterocycles. The van der Waals surface area contributed by atoms with Gasteiger partial charge in [0.1, 0.15) is 11.6 Å². The topological polar surface area (TPSA) is 134 Å². The van der Waals surface area contributed by atoms with Gasteiger partial charge in [0, 0.05) is 18.5 Å². The highest BCUT2D eigenvalue weighted by molar-refractivity contribution is 5.94. The Morgan fingerprint density at radius 2 is 1.88 bits per heavy atom. The van der Waals surface area contributed by atoms with E-state index in [0.717, 1.165) is 12.8 Å². The molecule has 4 rings (SSSR count). The van der Waals surface area contributed by atoms with Gasteiger partial charge in [-0.15, -0.1) is 12.4 Å². The van der Waals surface area contributed by atoms with Gasteiger partial charge in [-0.1, -0.05) is 32.9 Å². The summed E-state index contributed by atoms with van der Waals surface area (Å²) in [6, 6.07) is 4.66. The first-order valence-electron chi connectivity index (χ1n) is 10.8. The van der Waals surface area contributed by atoms with Crippen molar-refractivity contribution in [2.24, 2.45) is 16.7 Å². The number of fused-ring (bicyclic) bond motifs is 3. The summed E-state index contributed by atoms with van der Waals surface area (Å²) in [6.45, 7) is 6.37. The fourth-order valence-electron chi connectivity index (χ4n) is 5.30. The van der Waals surface area contributed by atoms with Crippen molar-refractivity contribution >= 4 is 24.4 Å². The van der Waals surface area contributed by atoms with Crippen LogP contribution in [-0.4, -0.2) is 31.8 Å². The zero-order chi connectivity index (χ0) is 24.1. The summed E-state index contributed by atoms with van der Waals surface area (Å²) in [5.74, 6) is -1.80. The summed E-state index contributed by atoms with van der Waals surface area (Å²) in [7, 11) is 0. The molecule has 1 saturated carbocycles. The van der Waals surface area contributed by atoms with Crippen molar-refractivity contribution in [3.63, 3.8) is 0 Å². The molecular formula is C23H28ClFN4O5. The van der Waals surface area contributed by atoms with Crippen LogP contribution >= 0.6 is 12.4 Å². The molecule has 2 bridgehead atoms. The Labute approximate surface area is 201 Å². The molecule has 3 atom stereocenters. The van der Waals surface area contributed by atoms with Crippen LogP contribution in [0.4, 0.5) is 9.18 Å². The van der Waals surface area contributed by atoms with Gasteiger partial charge in [-0.25, -0.2) is 14.2 Å². The lowest BCUT2D eigenvalue weighted by molar-refractivity contribution is 0.0509. The van der Waals surface area contributed by atoms with E-state index in [9.17, 15) is 29.0 Å². The molecule has 2 aromatic rings. The van der Waals surface area contributed by atoms with E-state index in [1.165, 1.54) is 28.8 Å². The van der Waals surface area contributed by atoms with E-state index in [1.807, 2.05) is 20.8 Å². The van der Waals surface area contributed by atoms with E-state index < -0.39 is 46.3 Å². The van der Waals surface area contributed by atoms with Crippen molar-refractivity contribution in [3.8, 4) is 5.75 Å². The summed E-state index contributed by atoms with van der Waals surface area (Å²) >= 11 is 0. The van der Waals surface area contributed by atoms with Gasteiger partial charge in [0.05, 0.1) is 6.04 Å². The number of amides is 2. The van der Waals surface area contributed by atoms with Crippen LogP contribution in [0.1, 0.15) is 61.5 Å². The second kappa shape index (κ2) is 8.90. The smallest absolute Gasteiger partial charge is 0.405 e. The average molecular weight is 495 g/mol. The Balaban J connectivity index is 0.00000324. The van der Waals surface area contributed by atoms with Crippen molar-refractivity contribution in [2.45, 2.75) is 52.7 Å². The summed E-state index contributed by atoms with van der Waals surface area (Å²) in [5.41, 5.74) is -1.53. The molecule has 9 nitrogen and oxygen atoms in total. The molecule has 1 aliphatic carbocycles. The number of hydrogen-bond acceptors (Lipinski definition) is 5. The number of halogens is 2. The largest absolute Gasteiger partial charge is 0.501 e. The lowest BCUT2D eigenvalue weighted by Crippen LogP contribution is -2.46. The summed E-state index contributed by atoms with van der Waals surface area (Å²) in [4.78, 5) is 42.0. The number of carbonyl (C=O) groups is 2. The van der Waals surface area contributed by atoms with Gasteiger partial charge in [-0.05, 0) is 41.9 Å². The molecule has 11 heteroatoms. The molecule has 2 heterocycles. The number of carbonyl (C=O) groups excluding carboxylic acids is 1. The molecule has 2 amide bonds. The van der Waals surface area contributed by atoms with E-state index in [4.69, 9.17) is 0 Å². The van der Waals surface area contributed by atoms with E-state index in [1.54, 1.807) is 0 Å². The van der Waals surface area contributed by atoms with Crippen molar-refractivity contribution in [1.29, 1.82) is 0 Å². The molecule has 184 valence electrons. The van der Waals surface area contributed by atoms with Gasteiger partial charge in [0.15, 0.2) is 5.69 Å². The van der Waals surface area contributed by atoms with Gasteiger partial charge in [-0.2, -0.15) is 0 Å². The van der Waals surface area contributed by atoms with Gasteiger partial charge in [0.2, 0.25) is 5.75 Å². The number of aromatic hydroxyl groups is 1. The van der Waals surface area contributed by atoms with Crippen molar-refractivity contribution in [3.05, 3.63) is 57.5 Å². The first-order valence-corrected chi connectivity index (χ1v) is 10.8. The molecule has 1 aromatic carbocycles. The van der Waals surface area contributed by atoms with Crippen LogP contribution in [0.3, 0.4) is 0 Å². The molecular weight excluding hydrogens is 467 g/mol. The maximum absolute atomic E-state index is 13.1. The first-order chi connectivity index (χ1) is 15.5. The Bertz CT molecular complexity index is 1180. The Morgan fingerprint density at radius 1 is 1.24 bits per heavy atom. The summed E-state index contributed by atoms with van der Waals surface area (Å²) < 4.78 is 14.4. The van der Waals surface area contributed by atoms with Crippen LogP contribution in [0.2, 0.25) is 0 Å². The highest BCUT2D eigenvalue weighted by atomic mass is 35.5. The van der Waals surface area contributed by atoms with Gasteiger partial charge in [0.25, 0.3) is 11.5 Å². The maximum atomic E-state index is 13.1. The molecule has 0 spiro atoms. The Morgan fingerprint density at radius 3 is 2.50 bits per heavy atom. The molecule has 2 aliphatic rings. The Hall–Kier alpha value is -3.14. The van der Waals surface area contributed by atoms with Gasteiger partial charge >= 0.3 is 6.09 Å². The van der Waals surface area contributed by atoms with Crippen LogP contribution in [0.5, 0.6) is 5.75 Å². The van der Waals surface area contributed by atoms with E-state index in [2.05, 4.69) is 15.6 Å². The highest BCUT2D eigenvalue weighted by Crippen LogP contribution is 2.62. The Kier molecular flexibility index (Phi) is 6.67. The highest BCUT2D eigenvalue weighted by Gasteiger charge is 2.59. The molecule has 1 aromatic heterocycles. The minimum Gasteiger partial charge on any atom is -0.501 e. The number of aromatic nitrogens is 2. The second-order valence-corrected chi connectivity index (χ2v) is 9.65. The second-order valence-electron chi connectivity index (χ2n) is 9.65. The lowest BCUT2D eigenvalue weighted by atomic mass is 9.62. The fraction of sp³-hybridized carbons (Fsp3) is 0.478. The lowest BCUT2D eigenvalue weighted by Gasteiger charge is -2.44. The molecule has 4 N–H and O–H groups in total. The average Bonchev–Trinajstić information content (AvgIpc) is 2.95.